The standard InChI is InChI=1S/C9H13N3O3S2/c1-3-15-7(14)6(13)5-4-17-9(11-5)12-8(16)10-2/h4,9,11H,3H2,1-2H3,(H2,10,12,16). The number of hydrogen-bond donors (Lipinski definition) is 3. The molecule has 1 heterocycles. The van der Waals surface area contributed by atoms with Crippen molar-refractivity contribution in [2.75, 3.05) is 13.7 Å². The van der Waals surface area contributed by atoms with Gasteiger partial charge in [0.15, 0.2) is 10.6 Å². The van der Waals surface area contributed by atoms with E-state index in [1.807, 2.05) is 0 Å². The molecule has 17 heavy (non-hydrogen) atoms. The highest BCUT2D eigenvalue weighted by Crippen LogP contribution is 2.19. The van der Waals surface area contributed by atoms with E-state index in [1.165, 1.54) is 11.8 Å². The van der Waals surface area contributed by atoms with Gasteiger partial charge in [-0.15, -0.1) is 0 Å². The summed E-state index contributed by atoms with van der Waals surface area (Å²) in [5.41, 5.74) is -0.0480. The summed E-state index contributed by atoms with van der Waals surface area (Å²) in [5, 5.41) is 10.5. The second-order valence-corrected chi connectivity index (χ2v) is 4.35. The number of carbonyl (C=O) groups is 2. The third-order valence-corrected chi connectivity index (χ3v) is 3.00. The van der Waals surface area contributed by atoms with Gasteiger partial charge in [0.2, 0.25) is 0 Å². The van der Waals surface area contributed by atoms with Gasteiger partial charge in [0.1, 0.15) is 0 Å². The Morgan fingerprint density at radius 1 is 1.65 bits per heavy atom. The summed E-state index contributed by atoms with van der Waals surface area (Å²) in [7, 11) is 1.69. The maximum absolute atomic E-state index is 11.5. The summed E-state index contributed by atoms with van der Waals surface area (Å²) in [5.74, 6) is -1.54. The Morgan fingerprint density at radius 3 is 2.94 bits per heavy atom. The van der Waals surface area contributed by atoms with Crippen LogP contribution in [0.25, 0.3) is 0 Å². The summed E-state index contributed by atoms with van der Waals surface area (Å²) >= 11 is 6.23. The van der Waals surface area contributed by atoms with Crippen LogP contribution in [0.2, 0.25) is 0 Å². The van der Waals surface area contributed by atoms with Gasteiger partial charge in [-0.25, -0.2) is 4.79 Å². The summed E-state index contributed by atoms with van der Waals surface area (Å²) in [4.78, 5) is 22.7. The first-order valence-corrected chi connectivity index (χ1v) is 6.25. The Kier molecular flexibility index (Phi) is 5.23. The zero-order chi connectivity index (χ0) is 12.8. The Balaban J connectivity index is 2.46. The van der Waals surface area contributed by atoms with Crippen LogP contribution in [-0.2, 0) is 14.3 Å². The fourth-order valence-corrected chi connectivity index (χ4v) is 2.05. The van der Waals surface area contributed by atoms with Crippen molar-refractivity contribution in [2.45, 2.75) is 12.4 Å². The molecule has 0 spiro atoms. The number of carbonyl (C=O) groups excluding carboxylic acids is 2. The van der Waals surface area contributed by atoms with Crippen LogP contribution in [0.3, 0.4) is 0 Å². The van der Waals surface area contributed by atoms with E-state index in [0.29, 0.717) is 5.11 Å². The molecule has 0 aromatic rings. The largest absolute Gasteiger partial charge is 0.460 e. The molecule has 6 nitrogen and oxygen atoms in total. The minimum atomic E-state index is -0.858. The predicted molar refractivity (Wildman–Crippen MR) is 69.0 cm³/mol. The van der Waals surface area contributed by atoms with Crippen LogP contribution in [-0.4, -0.2) is 36.0 Å². The second-order valence-electron chi connectivity index (χ2n) is 2.97. The SMILES string of the molecule is CCOC(=O)C(=O)C1=CSC(NC(=S)NC)N1. The molecule has 1 aliphatic rings. The van der Waals surface area contributed by atoms with Crippen molar-refractivity contribution >= 4 is 40.8 Å². The molecule has 0 aromatic heterocycles. The molecule has 0 radical (unpaired) electrons. The van der Waals surface area contributed by atoms with E-state index < -0.39 is 11.8 Å². The average molecular weight is 275 g/mol. The molecule has 94 valence electrons. The second kappa shape index (κ2) is 6.45. The van der Waals surface area contributed by atoms with Crippen LogP contribution in [0.1, 0.15) is 6.92 Å². The third kappa shape index (κ3) is 3.90. The number of esters is 1. The van der Waals surface area contributed by atoms with Crippen LogP contribution in [0.4, 0.5) is 0 Å². The fourth-order valence-electron chi connectivity index (χ4n) is 1.03. The van der Waals surface area contributed by atoms with E-state index in [-0.39, 0.29) is 17.8 Å². The van der Waals surface area contributed by atoms with Gasteiger partial charge in [0.05, 0.1) is 12.3 Å². The van der Waals surface area contributed by atoms with E-state index >= 15 is 0 Å². The molecule has 1 unspecified atom stereocenters. The van der Waals surface area contributed by atoms with Crippen molar-refractivity contribution in [3.05, 3.63) is 11.1 Å². The van der Waals surface area contributed by atoms with Crippen molar-refractivity contribution in [1.29, 1.82) is 0 Å². The Bertz CT molecular complexity index is 370. The molecular weight excluding hydrogens is 262 g/mol. The summed E-state index contributed by atoms with van der Waals surface area (Å²) in [6, 6.07) is 0. The van der Waals surface area contributed by atoms with Crippen molar-refractivity contribution < 1.29 is 14.3 Å². The van der Waals surface area contributed by atoms with Crippen LogP contribution < -0.4 is 16.0 Å². The molecule has 0 bridgehead atoms. The molecule has 0 amide bonds. The number of thioether (sulfide) groups is 1. The van der Waals surface area contributed by atoms with Gasteiger partial charge >= 0.3 is 5.97 Å². The number of rotatable bonds is 4. The molecule has 1 aliphatic heterocycles. The van der Waals surface area contributed by atoms with Gasteiger partial charge in [0, 0.05) is 12.5 Å². The molecule has 1 rings (SSSR count). The lowest BCUT2D eigenvalue weighted by atomic mass is 10.3. The third-order valence-electron chi connectivity index (χ3n) is 1.80. The Labute approximate surface area is 109 Å². The Hall–Kier alpha value is -1.28. The highest BCUT2D eigenvalue weighted by molar-refractivity contribution is 8.03. The van der Waals surface area contributed by atoms with E-state index in [4.69, 9.17) is 12.2 Å². The summed E-state index contributed by atoms with van der Waals surface area (Å²) < 4.78 is 4.62. The number of thiocarbonyl (C=S) groups is 1. The van der Waals surface area contributed by atoms with Crippen LogP contribution in [0.15, 0.2) is 11.1 Å². The number of Topliss-reactive ketones (excluding diaryl/α,β-unsaturated/α-hetero) is 1. The van der Waals surface area contributed by atoms with E-state index in [1.54, 1.807) is 19.4 Å². The van der Waals surface area contributed by atoms with Crippen molar-refractivity contribution in [3.8, 4) is 0 Å². The van der Waals surface area contributed by atoms with Crippen LogP contribution in [0, 0.1) is 0 Å². The zero-order valence-electron chi connectivity index (χ0n) is 9.40. The summed E-state index contributed by atoms with van der Waals surface area (Å²) in [6.45, 7) is 1.82. The molecule has 0 aromatic carbocycles. The van der Waals surface area contributed by atoms with Crippen molar-refractivity contribution in [3.63, 3.8) is 0 Å². The molecular formula is C9H13N3O3S2. The average Bonchev–Trinajstić information content (AvgIpc) is 2.76. The van der Waals surface area contributed by atoms with E-state index in [2.05, 4.69) is 20.7 Å². The molecule has 0 aliphatic carbocycles. The Morgan fingerprint density at radius 2 is 2.35 bits per heavy atom. The molecule has 1 atom stereocenters. The number of ether oxygens (including phenoxy) is 1. The van der Waals surface area contributed by atoms with Gasteiger partial charge in [0.25, 0.3) is 5.78 Å². The highest BCUT2D eigenvalue weighted by atomic mass is 32.2. The minimum absolute atomic E-state index is 0.177. The lowest BCUT2D eigenvalue weighted by Gasteiger charge is -2.15. The number of hydrogen-bond acceptors (Lipinski definition) is 6. The summed E-state index contributed by atoms with van der Waals surface area (Å²) in [6.07, 6.45) is 0. The van der Waals surface area contributed by atoms with Gasteiger partial charge in [-0.1, -0.05) is 11.8 Å². The first kappa shape index (κ1) is 13.8. The maximum atomic E-state index is 11.5. The topological polar surface area (TPSA) is 79.5 Å². The first-order chi connectivity index (χ1) is 8.08. The fraction of sp³-hybridized carbons (Fsp3) is 0.444. The van der Waals surface area contributed by atoms with E-state index in [0.717, 1.165) is 0 Å². The van der Waals surface area contributed by atoms with E-state index in [9.17, 15) is 9.59 Å². The quantitative estimate of drug-likeness (QED) is 0.366. The molecule has 3 N–H and O–H groups in total. The monoisotopic (exact) mass is 275 g/mol. The van der Waals surface area contributed by atoms with Crippen LogP contribution >= 0.6 is 24.0 Å². The first-order valence-electron chi connectivity index (χ1n) is 4.90. The predicted octanol–water partition coefficient (Wildman–Crippen LogP) is -0.326. The minimum Gasteiger partial charge on any atom is -0.460 e. The highest BCUT2D eigenvalue weighted by Gasteiger charge is 2.27. The van der Waals surface area contributed by atoms with Gasteiger partial charge < -0.3 is 20.7 Å². The normalized spacial score (nSPS) is 17.8. The van der Waals surface area contributed by atoms with Gasteiger partial charge in [-0.2, -0.15) is 0 Å². The number of ketones is 1. The molecule has 0 saturated carbocycles. The maximum Gasteiger partial charge on any atom is 0.381 e. The molecule has 0 saturated heterocycles. The zero-order valence-corrected chi connectivity index (χ0v) is 11.0. The van der Waals surface area contributed by atoms with Crippen molar-refractivity contribution in [2.24, 2.45) is 0 Å². The van der Waals surface area contributed by atoms with Crippen molar-refractivity contribution in [1.82, 2.24) is 16.0 Å². The van der Waals surface area contributed by atoms with Gasteiger partial charge in [-0.05, 0) is 19.1 Å². The molecule has 8 heteroatoms. The van der Waals surface area contributed by atoms with Crippen LogP contribution in [0.5, 0.6) is 0 Å². The van der Waals surface area contributed by atoms with Gasteiger partial charge in [-0.3, -0.25) is 4.79 Å². The lowest BCUT2D eigenvalue weighted by molar-refractivity contribution is -0.151. The smallest absolute Gasteiger partial charge is 0.381 e. The molecule has 0 fully saturated rings. The number of nitrogens with one attached hydrogen (secondary N) is 3. The lowest BCUT2D eigenvalue weighted by Crippen LogP contribution is -2.45.